The van der Waals surface area contributed by atoms with Gasteiger partial charge in [-0.1, -0.05) is 6.08 Å². The summed E-state index contributed by atoms with van der Waals surface area (Å²) in [4.78, 5) is 23.6. The summed E-state index contributed by atoms with van der Waals surface area (Å²) >= 11 is 0. The van der Waals surface area contributed by atoms with Crippen molar-refractivity contribution < 1.29 is 32.6 Å². The van der Waals surface area contributed by atoms with E-state index in [0.717, 1.165) is 4.68 Å². The van der Waals surface area contributed by atoms with Gasteiger partial charge in [-0.25, -0.2) is 4.79 Å². The van der Waals surface area contributed by atoms with Crippen molar-refractivity contribution in [3.63, 3.8) is 0 Å². The van der Waals surface area contributed by atoms with Crippen LogP contribution in [-0.4, -0.2) is 52.2 Å². The van der Waals surface area contributed by atoms with Crippen LogP contribution in [0.3, 0.4) is 0 Å². The van der Waals surface area contributed by atoms with E-state index in [4.69, 9.17) is 9.84 Å². The smallest absolute Gasteiger partial charge is 0.408 e. The predicted molar refractivity (Wildman–Crippen MR) is 86.8 cm³/mol. The van der Waals surface area contributed by atoms with Gasteiger partial charge < -0.3 is 15.2 Å². The number of nitrogens with zero attached hydrogens (tertiary/aromatic N) is 2. The number of halogens is 3. The summed E-state index contributed by atoms with van der Waals surface area (Å²) in [7, 11) is 0. The van der Waals surface area contributed by atoms with E-state index < -0.39 is 36.6 Å². The molecule has 0 aliphatic heterocycles. The Labute approximate surface area is 148 Å². The molecule has 1 amide bonds. The molecule has 0 aromatic carbocycles. The molecule has 7 nitrogen and oxygen atoms in total. The lowest BCUT2D eigenvalue weighted by atomic mass is 9.98. The number of rotatable bonds is 9. The average Bonchev–Trinajstić information content (AvgIpc) is 2.77. The van der Waals surface area contributed by atoms with Crippen LogP contribution >= 0.6 is 0 Å². The van der Waals surface area contributed by atoms with Crippen LogP contribution < -0.4 is 5.32 Å². The van der Waals surface area contributed by atoms with E-state index >= 15 is 0 Å². The van der Waals surface area contributed by atoms with Gasteiger partial charge in [-0.3, -0.25) is 9.48 Å². The molecule has 0 radical (unpaired) electrons. The van der Waals surface area contributed by atoms with Crippen molar-refractivity contribution in [2.24, 2.45) is 0 Å². The first-order chi connectivity index (χ1) is 12.0. The van der Waals surface area contributed by atoms with Crippen LogP contribution in [0.1, 0.15) is 29.8 Å². The molecule has 1 heterocycles. The highest BCUT2D eigenvalue weighted by atomic mass is 19.4. The van der Waals surface area contributed by atoms with Crippen molar-refractivity contribution >= 4 is 11.9 Å². The lowest BCUT2D eigenvalue weighted by Crippen LogP contribution is -2.45. The number of aromatic nitrogens is 2. The molecule has 146 valence electrons. The monoisotopic (exact) mass is 377 g/mol. The molecule has 2 N–H and O–H groups in total. The summed E-state index contributed by atoms with van der Waals surface area (Å²) in [6.45, 7) is 6.45. The minimum absolute atomic E-state index is 0.123. The van der Waals surface area contributed by atoms with E-state index in [1.54, 1.807) is 0 Å². The third-order valence-electron chi connectivity index (χ3n) is 3.73. The normalized spacial score (nSPS) is 13.9. The number of aryl methyl sites for hydroxylation is 1. The number of aliphatic carboxylic acids is 1. The number of carbonyl (C=O) groups is 2. The molecular weight excluding hydrogens is 355 g/mol. The van der Waals surface area contributed by atoms with Gasteiger partial charge in [0.25, 0.3) is 0 Å². The highest BCUT2D eigenvalue weighted by Gasteiger charge is 2.32. The summed E-state index contributed by atoms with van der Waals surface area (Å²) < 4.78 is 43.6. The number of alkyl halides is 3. The van der Waals surface area contributed by atoms with Crippen molar-refractivity contribution in [1.29, 1.82) is 0 Å². The highest BCUT2D eigenvalue weighted by molar-refractivity contribution is 5.88. The summed E-state index contributed by atoms with van der Waals surface area (Å²) in [6.07, 6.45) is -3.01. The van der Waals surface area contributed by atoms with Crippen molar-refractivity contribution in [2.75, 3.05) is 13.2 Å². The SMILES string of the molecule is C=CCOCC(NC(=O)C(C)c1c(C)nn(CC(F)(F)F)c1C)C(=O)O. The predicted octanol–water partition coefficient (Wildman–Crippen LogP) is 1.94. The second-order valence-corrected chi connectivity index (χ2v) is 5.80. The standard InChI is InChI=1S/C16H22F3N3O4/c1-5-6-26-7-12(15(24)25)20-14(23)9(2)13-10(3)21-22(11(13)4)8-16(17,18)19/h5,9,12H,1,6-8H2,2-4H3,(H,20,23)(H,24,25). The Bertz CT molecular complexity index is 670. The molecule has 2 atom stereocenters. The van der Waals surface area contributed by atoms with Gasteiger partial charge in [0.2, 0.25) is 5.91 Å². The zero-order chi connectivity index (χ0) is 20.1. The topological polar surface area (TPSA) is 93.5 Å². The van der Waals surface area contributed by atoms with Gasteiger partial charge in [-0.2, -0.15) is 18.3 Å². The molecule has 10 heteroatoms. The number of carbonyl (C=O) groups excluding carboxylic acids is 1. The van der Waals surface area contributed by atoms with E-state index in [9.17, 15) is 22.8 Å². The molecule has 0 fully saturated rings. The Morgan fingerprint density at radius 2 is 2.04 bits per heavy atom. The number of amides is 1. The number of ether oxygens (including phenoxy) is 1. The molecule has 0 bridgehead atoms. The van der Waals surface area contributed by atoms with Crippen LogP contribution in [0.15, 0.2) is 12.7 Å². The van der Waals surface area contributed by atoms with Crippen LogP contribution in [0, 0.1) is 13.8 Å². The first-order valence-corrected chi connectivity index (χ1v) is 7.80. The molecule has 1 rings (SSSR count). The van der Waals surface area contributed by atoms with Crippen LogP contribution in [0.5, 0.6) is 0 Å². The maximum atomic E-state index is 12.6. The van der Waals surface area contributed by atoms with E-state index in [2.05, 4.69) is 17.0 Å². The summed E-state index contributed by atoms with van der Waals surface area (Å²) in [5, 5.41) is 15.3. The lowest BCUT2D eigenvalue weighted by Gasteiger charge is -2.18. The lowest BCUT2D eigenvalue weighted by molar-refractivity contribution is -0.144. The maximum absolute atomic E-state index is 12.6. The maximum Gasteiger partial charge on any atom is 0.408 e. The zero-order valence-corrected chi connectivity index (χ0v) is 14.8. The fraction of sp³-hybridized carbons (Fsp3) is 0.562. The van der Waals surface area contributed by atoms with Crippen molar-refractivity contribution in [1.82, 2.24) is 15.1 Å². The minimum Gasteiger partial charge on any atom is -0.480 e. The van der Waals surface area contributed by atoms with Crippen LogP contribution in [0.2, 0.25) is 0 Å². The summed E-state index contributed by atoms with van der Waals surface area (Å²) in [5.41, 5.74) is 0.823. The number of hydrogen-bond donors (Lipinski definition) is 2. The number of carboxylic acids is 1. The van der Waals surface area contributed by atoms with Crippen molar-refractivity contribution in [3.05, 3.63) is 29.6 Å². The molecular formula is C16H22F3N3O4. The van der Waals surface area contributed by atoms with E-state index in [1.165, 1.54) is 26.8 Å². The van der Waals surface area contributed by atoms with Gasteiger partial charge in [0.05, 0.1) is 24.8 Å². The molecule has 2 unspecified atom stereocenters. The summed E-state index contributed by atoms with van der Waals surface area (Å²) in [5.74, 6) is -2.80. The first-order valence-electron chi connectivity index (χ1n) is 7.80. The van der Waals surface area contributed by atoms with Gasteiger partial charge >= 0.3 is 12.1 Å². The second-order valence-electron chi connectivity index (χ2n) is 5.80. The Hall–Kier alpha value is -2.36. The summed E-state index contributed by atoms with van der Waals surface area (Å²) in [6, 6.07) is -1.28. The first kappa shape index (κ1) is 21.7. The third kappa shape index (κ3) is 5.87. The Morgan fingerprint density at radius 3 is 2.54 bits per heavy atom. The third-order valence-corrected chi connectivity index (χ3v) is 3.73. The molecule has 0 aliphatic rings. The number of carboxylic acid groups (broad SMARTS) is 1. The average molecular weight is 377 g/mol. The van der Waals surface area contributed by atoms with E-state index in [1.807, 2.05) is 0 Å². The Kier molecular flexibility index (Phi) is 7.37. The highest BCUT2D eigenvalue weighted by Crippen LogP contribution is 2.26. The van der Waals surface area contributed by atoms with E-state index in [-0.39, 0.29) is 24.6 Å². The molecule has 0 spiro atoms. The second kappa shape index (κ2) is 8.84. The molecule has 0 saturated heterocycles. The van der Waals surface area contributed by atoms with Crippen LogP contribution in [0.25, 0.3) is 0 Å². The van der Waals surface area contributed by atoms with Crippen molar-refractivity contribution in [3.8, 4) is 0 Å². The van der Waals surface area contributed by atoms with Gasteiger partial charge in [-0.15, -0.1) is 6.58 Å². The quantitative estimate of drug-likeness (QED) is 0.507. The molecule has 0 saturated carbocycles. The van der Waals surface area contributed by atoms with Gasteiger partial charge in [0.15, 0.2) is 6.04 Å². The van der Waals surface area contributed by atoms with Crippen molar-refractivity contribution in [2.45, 2.75) is 45.5 Å². The van der Waals surface area contributed by atoms with Crippen LogP contribution in [0.4, 0.5) is 13.2 Å². The molecule has 26 heavy (non-hydrogen) atoms. The number of nitrogens with one attached hydrogen (secondary N) is 1. The van der Waals surface area contributed by atoms with Gasteiger partial charge in [0.1, 0.15) is 6.54 Å². The largest absolute Gasteiger partial charge is 0.480 e. The fourth-order valence-electron chi connectivity index (χ4n) is 2.53. The van der Waals surface area contributed by atoms with E-state index in [0.29, 0.717) is 5.56 Å². The minimum atomic E-state index is -4.44. The van der Waals surface area contributed by atoms with Gasteiger partial charge in [0, 0.05) is 11.3 Å². The molecule has 1 aromatic heterocycles. The molecule has 0 aliphatic carbocycles. The molecule has 1 aromatic rings. The zero-order valence-electron chi connectivity index (χ0n) is 14.8. The van der Waals surface area contributed by atoms with Crippen LogP contribution in [-0.2, 0) is 20.9 Å². The Balaban J connectivity index is 2.93. The number of hydrogen-bond acceptors (Lipinski definition) is 4. The van der Waals surface area contributed by atoms with Gasteiger partial charge in [-0.05, 0) is 20.8 Å². The Morgan fingerprint density at radius 1 is 1.42 bits per heavy atom. The fourth-order valence-corrected chi connectivity index (χ4v) is 2.53.